The summed E-state index contributed by atoms with van der Waals surface area (Å²) in [5.74, 6) is 0.653. The second-order valence-corrected chi connectivity index (χ2v) is 5.19. The van der Waals surface area contributed by atoms with Gasteiger partial charge in [0.1, 0.15) is 10.0 Å². The van der Waals surface area contributed by atoms with E-state index in [9.17, 15) is 0 Å². The van der Waals surface area contributed by atoms with Crippen molar-refractivity contribution in [2.75, 3.05) is 26.8 Å². The average Bonchev–Trinajstić information content (AvgIpc) is 2.79. The molecule has 1 aliphatic heterocycles. The SMILES string of the molecule is COCC1CCN(Cc2nnsc2Cl)C1. The molecule has 0 aliphatic carbocycles. The number of likely N-dealkylation sites (tertiary alicyclic amines) is 1. The van der Waals surface area contributed by atoms with Crippen molar-refractivity contribution in [3.63, 3.8) is 0 Å². The fraction of sp³-hybridized carbons (Fsp3) is 0.778. The van der Waals surface area contributed by atoms with Crippen molar-refractivity contribution < 1.29 is 4.74 Å². The second kappa shape index (κ2) is 5.21. The van der Waals surface area contributed by atoms with Gasteiger partial charge in [0, 0.05) is 31.7 Å². The van der Waals surface area contributed by atoms with Crippen molar-refractivity contribution in [3.05, 3.63) is 10.0 Å². The van der Waals surface area contributed by atoms with E-state index in [4.69, 9.17) is 16.3 Å². The molecule has 0 saturated carbocycles. The van der Waals surface area contributed by atoms with Crippen LogP contribution >= 0.6 is 23.1 Å². The molecule has 1 atom stereocenters. The predicted molar refractivity (Wildman–Crippen MR) is 60.2 cm³/mol. The van der Waals surface area contributed by atoms with Crippen molar-refractivity contribution in [1.82, 2.24) is 14.5 Å². The molecule has 0 bridgehead atoms. The van der Waals surface area contributed by atoms with Gasteiger partial charge in [0.05, 0.1) is 6.61 Å². The first-order valence-electron chi connectivity index (χ1n) is 4.97. The van der Waals surface area contributed by atoms with E-state index in [0.717, 1.165) is 31.9 Å². The summed E-state index contributed by atoms with van der Waals surface area (Å²) in [6.07, 6.45) is 1.20. The Kier molecular flexibility index (Phi) is 3.91. The molecule has 6 heteroatoms. The first-order chi connectivity index (χ1) is 7.29. The van der Waals surface area contributed by atoms with Gasteiger partial charge in [-0.05, 0) is 18.9 Å². The topological polar surface area (TPSA) is 38.2 Å². The van der Waals surface area contributed by atoms with Crippen LogP contribution in [0.1, 0.15) is 12.1 Å². The molecular formula is C9H14ClN3OS. The van der Waals surface area contributed by atoms with Crippen LogP contribution in [-0.4, -0.2) is 41.3 Å². The Morgan fingerprint density at radius 1 is 1.67 bits per heavy atom. The van der Waals surface area contributed by atoms with Gasteiger partial charge < -0.3 is 4.74 Å². The molecule has 0 spiro atoms. The summed E-state index contributed by atoms with van der Waals surface area (Å²) < 4.78 is 9.70. The van der Waals surface area contributed by atoms with Crippen molar-refractivity contribution >= 4 is 23.1 Å². The Hall–Kier alpha value is -0.230. The highest BCUT2D eigenvalue weighted by Gasteiger charge is 2.23. The molecule has 2 heterocycles. The Morgan fingerprint density at radius 3 is 3.20 bits per heavy atom. The summed E-state index contributed by atoms with van der Waals surface area (Å²) in [6.45, 7) is 3.83. The molecule has 1 unspecified atom stereocenters. The molecule has 15 heavy (non-hydrogen) atoms. The summed E-state index contributed by atoms with van der Waals surface area (Å²) in [4.78, 5) is 2.35. The van der Waals surface area contributed by atoms with Gasteiger partial charge in [0.25, 0.3) is 0 Å². The molecule has 1 aromatic rings. The lowest BCUT2D eigenvalue weighted by Gasteiger charge is -2.13. The number of halogens is 1. The van der Waals surface area contributed by atoms with E-state index < -0.39 is 0 Å². The molecule has 4 nitrogen and oxygen atoms in total. The van der Waals surface area contributed by atoms with Crippen LogP contribution in [0, 0.1) is 5.92 Å². The predicted octanol–water partition coefficient (Wildman–Crippen LogP) is 1.66. The molecular weight excluding hydrogens is 234 g/mol. The number of rotatable bonds is 4. The zero-order valence-corrected chi connectivity index (χ0v) is 10.2. The molecule has 1 saturated heterocycles. The number of ether oxygens (including phenoxy) is 1. The second-order valence-electron chi connectivity index (χ2n) is 3.84. The minimum Gasteiger partial charge on any atom is -0.384 e. The van der Waals surface area contributed by atoms with Gasteiger partial charge in [0.2, 0.25) is 0 Å². The zero-order chi connectivity index (χ0) is 10.7. The number of aromatic nitrogens is 2. The molecule has 0 amide bonds. The lowest BCUT2D eigenvalue weighted by atomic mass is 10.1. The Balaban J connectivity index is 1.85. The maximum Gasteiger partial charge on any atom is 0.138 e. The van der Waals surface area contributed by atoms with Crippen molar-refractivity contribution in [2.45, 2.75) is 13.0 Å². The third-order valence-corrected chi connectivity index (χ3v) is 3.64. The minimum absolute atomic E-state index is 0.653. The first kappa shape index (κ1) is 11.3. The van der Waals surface area contributed by atoms with Gasteiger partial charge >= 0.3 is 0 Å². The van der Waals surface area contributed by atoms with Gasteiger partial charge in [-0.2, -0.15) is 0 Å². The molecule has 0 radical (unpaired) electrons. The third kappa shape index (κ3) is 2.87. The molecule has 84 valence electrons. The fourth-order valence-electron chi connectivity index (χ4n) is 1.93. The van der Waals surface area contributed by atoms with Crippen LogP contribution in [0.5, 0.6) is 0 Å². The maximum atomic E-state index is 5.96. The van der Waals surface area contributed by atoms with Crippen molar-refractivity contribution in [2.24, 2.45) is 5.92 Å². The highest BCUT2D eigenvalue weighted by atomic mass is 35.5. The van der Waals surface area contributed by atoms with Crippen LogP contribution < -0.4 is 0 Å². The van der Waals surface area contributed by atoms with E-state index >= 15 is 0 Å². The van der Waals surface area contributed by atoms with Crippen LogP contribution in [0.15, 0.2) is 0 Å². The normalized spacial score (nSPS) is 22.4. The largest absolute Gasteiger partial charge is 0.384 e. The van der Waals surface area contributed by atoms with Crippen LogP contribution in [0.4, 0.5) is 0 Å². The van der Waals surface area contributed by atoms with Gasteiger partial charge in [-0.15, -0.1) is 5.10 Å². The zero-order valence-electron chi connectivity index (χ0n) is 8.65. The molecule has 0 N–H and O–H groups in total. The lowest BCUT2D eigenvalue weighted by molar-refractivity contribution is 0.152. The Labute approximate surface area is 98.3 Å². The van der Waals surface area contributed by atoms with Gasteiger partial charge in [-0.3, -0.25) is 4.90 Å². The smallest absolute Gasteiger partial charge is 0.138 e. The highest BCUT2D eigenvalue weighted by Crippen LogP contribution is 2.23. The lowest BCUT2D eigenvalue weighted by Crippen LogP contribution is -2.21. The van der Waals surface area contributed by atoms with E-state index in [1.807, 2.05) is 0 Å². The van der Waals surface area contributed by atoms with Crippen LogP contribution in [-0.2, 0) is 11.3 Å². The first-order valence-corrected chi connectivity index (χ1v) is 6.12. The third-order valence-electron chi connectivity index (χ3n) is 2.66. The van der Waals surface area contributed by atoms with Crippen molar-refractivity contribution in [1.29, 1.82) is 0 Å². The average molecular weight is 248 g/mol. The van der Waals surface area contributed by atoms with Crippen molar-refractivity contribution in [3.8, 4) is 0 Å². The van der Waals surface area contributed by atoms with Gasteiger partial charge in [-0.1, -0.05) is 16.1 Å². The summed E-state index contributed by atoms with van der Waals surface area (Å²) in [5, 5.41) is 4.01. The molecule has 2 rings (SSSR count). The van der Waals surface area contributed by atoms with E-state index in [0.29, 0.717) is 10.3 Å². The monoisotopic (exact) mass is 247 g/mol. The molecule has 1 aromatic heterocycles. The van der Waals surface area contributed by atoms with Crippen LogP contribution in [0.3, 0.4) is 0 Å². The molecule has 0 aromatic carbocycles. The van der Waals surface area contributed by atoms with E-state index in [1.54, 1.807) is 7.11 Å². The van der Waals surface area contributed by atoms with Gasteiger partial charge in [0.15, 0.2) is 0 Å². The summed E-state index contributed by atoms with van der Waals surface area (Å²) in [7, 11) is 1.75. The Bertz CT molecular complexity index is 320. The quantitative estimate of drug-likeness (QED) is 0.811. The maximum absolute atomic E-state index is 5.96. The minimum atomic E-state index is 0.653. The highest BCUT2D eigenvalue weighted by molar-refractivity contribution is 7.10. The number of hydrogen-bond acceptors (Lipinski definition) is 5. The van der Waals surface area contributed by atoms with E-state index in [1.165, 1.54) is 18.0 Å². The summed E-state index contributed by atoms with van der Waals surface area (Å²) in [5.41, 5.74) is 0.903. The van der Waals surface area contributed by atoms with E-state index in [-0.39, 0.29) is 0 Å². The molecule has 1 fully saturated rings. The fourth-order valence-corrected chi connectivity index (χ4v) is 2.54. The number of methoxy groups -OCH3 is 1. The molecule has 1 aliphatic rings. The number of nitrogens with zero attached hydrogens (tertiary/aromatic N) is 3. The Morgan fingerprint density at radius 2 is 2.53 bits per heavy atom. The standard InChI is InChI=1S/C9H14ClN3OS/c1-14-6-7-2-3-13(4-7)5-8-9(10)15-12-11-8/h7H,2-6H2,1H3. The summed E-state index contributed by atoms with van der Waals surface area (Å²) in [6, 6.07) is 0. The van der Waals surface area contributed by atoms with Crippen LogP contribution in [0.25, 0.3) is 0 Å². The number of hydrogen-bond donors (Lipinski definition) is 0. The van der Waals surface area contributed by atoms with Crippen LogP contribution in [0.2, 0.25) is 4.34 Å². The van der Waals surface area contributed by atoms with E-state index in [2.05, 4.69) is 14.5 Å². The van der Waals surface area contributed by atoms with Gasteiger partial charge in [-0.25, -0.2) is 0 Å². The summed E-state index contributed by atoms with van der Waals surface area (Å²) >= 11 is 7.21.